The van der Waals surface area contributed by atoms with Gasteiger partial charge in [0.1, 0.15) is 47.6 Å². The molecule has 0 spiro atoms. The average molecular weight is 903 g/mol. The van der Waals surface area contributed by atoms with E-state index in [1.807, 2.05) is 0 Å². The van der Waals surface area contributed by atoms with Gasteiger partial charge in [0.05, 0.1) is 59.7 Å². The highest BCUT2D eigenvalue weighted by Crippen LogP contribution is 2.52. The van der Waals surface area contributed by atoms with Crippen molar-refractivity contribution in [3.05, 3.63) is 93.7 Å². The summed E-state index contributed by atoms with van der Waals surface area (Å²) in [7, 11) is 1.27. The number of carbonyl (C=O) groups is 6. The number of aromatic nitrogens is 1. The zero-order chi connectivity index (χ0) is 46.9. The van der Waals surface area contributed by atoms with Gasteiger partial charge >= 0.3 is 0 Å². The summed E-state index contributed by atoms with van der Waals surface area (Å²) in [5, 5.41) is 61.7. The first-order valence-electron chi connectivity index (χ1n) is 20.6. The molecule has 2 fully saturated rings. The van der Waals surface area contributed by atoms with Crippen LogP contribution in [0.4, 0.5) is 8.78 Å². The van der Waals surface area contributed by atoms with Crippen LogP contribution in [-0.2, 0) is 30.3 Å². The van der Waals surface area contributed by atoms with Crippen LogP contribution in [0.2, 0.25) is 0 Å². The molecule has 2 aliphatic carbocycles. The van der Waals surface area contributed by atoms with Crippen molar-refractivity contribution in [2.75, 3.05) is 20.3 Å². The number of para-hydroxylation sites is 1. The van der Waals surface area contributed by atoms with Crippen LogP contribution in [0.1, 0.15) is 92.5 Å². The van der Waals surface area contributed by atoms with E-state index in [1.54, 1.807) is 24.3 Å². The van der Waals surface area contributed by atoms with Gasteiger partial charge in [-0.15, -0.1) is 0 Å². The van der Waals surface area contributed by atoms with E-state index in [4.69, 9.17) is 14.2 Å². The van der Waals surface area contributed by atoms with Gasteiger partial charge in [0.15, 0.2) is 17.9 Å². The maximum atomic E-state index is 15.1. The van der Waals surface area contributed by atoms with Crippen molar-refractivity contribution in [1.82, 2.24) is 20.5 Å². The minimum absolute atomic E-state index is 0.00000444. The molecule has 4 aliphatic rings. The molecule has 3 aromatic carbocycles. The first-order chi connectivity index (χ1) is 30.8. The number of hydrogen-bond donors (Lipinski definition) is 7. The maximum absolute atomic E-state index is 15.1. The monoisotopic (exact) mass is 902 g/mol. The Morgan fingerprint density at radius 1 is 1.00 bits per heavy atom. The number of hydrogen-bond acceptors (Lipinski definition) is 15. The van der Waals surface area contributed by atoms with Crippen molar-refractivity contribution in [2.45, 2.75) is 93.8 Å². The number of carbonyl (C=O) groups excluding carboxylic acids is 6. The van der Waals surface area contributed by atoms with Crippen LogP contribution in [0.5, 0.6) is 17.2 Å². The van der Waals surface area contributed by atoms with Gasteiger partial charge in [-0.2, -0.15) is 0 Å². The number of phenolic OH excluding ortho intramolecular Hbond substituents is 2. The van der Waals surface area contributed by atoms with Gasteiger partial charge in [0, 0.05) is 54.0 Å². The summed E-state index contributed by atoms with van der Waals surface area (Å²) in [6, 6.07) is 7.94. The number of ether oxygens (including phenoxy) is 3. The van der Waals surface area contributed by atoms with Crippen LogP contribution in [0.25, 0.3) is 10.9 Å². The van der Waals surface area contributed by atoms with Crippen molar-refractivity contribution in [2.24, 2.45) is 0 Å². The molecule has 0 saturated carbocycles. The van der Waals surface area contributed by atoms with E-state index in [2.05, 4.69) is 15.6 Å². The van der Waals surface area contributed by atoms with Crippen molar-refractivity contribution >= 4 is 46.0 Å². The van der Waals surface area contributed by atoms with Crippen molar-refractivity contribution < 1.29 is 77.3 Å². The van der Waals surface area contributed by atoms with Crippen molar-refractivity contribution in [3.8, 4) is 17.2 Å². The van der Waals surface area contributed by atoms with Crippen LogP contribution in [0.15, 0.2) is 54.7 Å². The molecular formula is C45H44F2N4O14. The normalized spacial score (nSPS) is 26.1. The van der Waals surface area contributed by atoms with Gasteiger partial charge in [0.2, 0.25) is 17.6 Å². The van der Waals surface area contributed by atoms with E-state index in [0.717, 1.165) is 0 Å². The summed E-state index contributed by atoms with van der Waals surface area (Å²) in [5.74, 6) is -10.8. The summed E-state index contributed by atoms with van der Waals surface area (Å²) < 4.78 is 47.5. The van der Waals surface area contributed by atoms with E-state index in [1.165, 1.54) is 51.4 Å². The van der Waals surface area contributed by atoms with E-state index in [9.17, 15) is 54.3 Å². The molecule has 5 unspecified atom stereocenters. The third-order valence-corrected chi connectivity index (χ3v) is 12.6. The topological polar surface area (TPSA) is 271 Å². The second kappa shape index (κ2) is 16.8. The number of methoxy groups -OCH3 is 1. The number of amides is 3. The number of Topliss-reactive ketones (excluding diaryl/α,β-unsaturated/α-hetero) is 1. The van der Waals surface area contributed by atoms with Gasteiger partial charge in [-0.05, 0) is 32.0 Å². The molecule has 2 aliphatic heterocycles. The molecule has 8 atom stereocenters. The number of aliphatic hydroxyl groups is 3. The van der Waals surface area contributed by atoms with Gasteiger partial charge in [-0.25, -0.2) is 8.78 Å². The fourth-order valence-electron chi connectivity index (χ4n) is 9.30. The Morgan fingerprint density at radius 2 is 1.72 bits per heavy atom. The average Bonchev–Trinajstić information content (AvgIpc) is 3.62. The van der Waals surface area contributed by atoms with Crippen molar-refractivity contribution in [1.29, 1.82) is 0 Å². The minimum atomic E-state index is -3.51. The third kappa shape index (κ3) is 7.84. The Hall–Kier alpha value is -6.45. The molecule has 65 heavy (non-hydrogen) atoms. The zero-order valence-corrected chi connectivity index (χ0v) is 35.0. The molecule has 7 N–H and O–H groups in total. The summed E-state index contributed by atoms with van der Waals surface area (Å²) >= 11 is 0. The molecule has 3 amide bonds. The van der Waals surface area contributed by atoms with Crippen LogP contribution in [0, 0.1) is 0 Å². The lowest BCUT2D eigenvalue weighted by Crippen LogP contribution is -2.59. The number of benzene rings is 3. The summed E-state index contributed by atoms with van der Waals surface area (Å²) in [4.78, 5) is 86.7. The Morgan fingerprint density at radius 3 is 2.45 bits per heavy atom. The molecule has 0 radical (unpaired) electrons. The molecular weight excluding hydrogens is 859 g/mol. The fourth-order valence-corrected chi connectivity index (χ4v) is 9.30. The number of nitrogens with one attached hydrogen (secondary N) is 2. The predicted octanol–water partition coefficient (Wildman–Crippen LogP) is 1.76. The molecule has 342 valence electrons. The van der Waals surface area contributed by atoms with E-state index < -0.39 is 151 Å². The first-order valence-corrected chi connectivity index (χ1v) is 20.6. The van der Waals surface area contributed by atoms with Gasteiger partial charge in [0.25, 0.3) is 11.8 Å². The van der Waals surface area contributed by atoms with Crippen LogP contribution >= 0.6 is 0 Å². The Bertz CT molecular complexity index is 2670. The quantitative estimate of drug-likeness (QED) is 0.0985. The molecule has 1 aromatic heterocycles. The number of nitrogens with zero attached hydrogens (tertiary/aromatic N) is 2. The Balaban J connectivity index is 1.04. The van der Waals surface area contributed by atoms with Crippen LogP contribution < -0.4 is 15.4 Å². The number of phenols is 2. The van der Waals surface area contributed by atoms with E-state index >= 15 is 8.78 Å². The molecule has 0 bridgehead atoms. The fraction of sp³-hybridized carbons (Fsp3) is 0.400. The van der Waals surface area contributed by atoms with Gasteiger partial charge in [-0.3, -0.25) is 33.8 Å². The molecule has 20 heteroatoms. The molecule has 8 rings (SSSR count). The predicted molar refractivity (Wildman–Crippen MR) is 219 cm³/mol. The lowest BCUT2D eigenvalue weighted by atomic mass is 9.72. The zero-order valence-electron chi connectivity index (χ0n) is 35.0. The Kier molecular flexibility index (Phi) is 11.7. The highest BCUT2D eigenvalue weighted by Gasteiger charge is 2.53. The first kappa shape index (κ1) is 45.1. The van der Waals surface area contributed by atoms with Crippen LogP contribution in [-0.4, -0.2) is 139 Å². The Labute approximate surface area is 368 Å². The standard InChI is InChI=1S/C45H44F2N4O14/c1-19(49-41(59)22-11-12-48-25-9-5-4-7-21(22)25)43(61)51-18-45(46,47)15-27(51)42(60)50-26-13-31(64-20(2)36(26)54)65-29-16-44(62,30(53)17-52)14-24-33(29)40(58)35-34(38(24)56)37(55)23-8-6-10-28(63-3)32(23)39(35)57/h4-12,19-20,26-27,29,31,36,52,54,56,58,62H,13-18H2,1-3H3,(H,49,59)(H,50,60)/t19-,20?,26?,27+,29?,31?,36?,44+/m1/s1. The smallest absolute Gasteiger partial charge is 0.267 e. The lowest BCUT2D eigenvalue weighted by molar-refractivity contribution is -0.249. The van der Waals surface area contributed by atoms with E-state index in [0.29, 0.717) is 15.8 Å². The summed E-state index contributed by atoms with van der Waals surface area (Å²) in [6.07, 6.45) is -7.31. The van der Waals surface area contributed by atoms with Gasteiger partial charge < -0.3 is 55.3 Å². The summed E-state index contributed by atoms with van der Waals surface area (Å²) in [5.41, 5.74) is -4.00. The number of ketones is 3. The third-order valence-electron chi connectivity index (χ3n) is 12.6. The van der Waals surface area contributed by atoms with E-state index in [-0.39, 0.29) is 33.6 Å². The number of halogens is 2. The maximum Gasteiger partial charge on any atom is 0.267 e. The number of pyridine rings is 1. The number of aliphatic hydroxyl groups excluding tert-OH is 2. The highest BCUT2D eigenvalue weighted by atomic mass is 19.3. The van der Waals surface area contributed by atoms with Crippen LogP contribution in [0.3, 0.4) is 0 Å². The summed E-state index contributed by atoms with van der Waals surface area (Å²) in [6.45, 7) is 0.371. The number of fused-ring (bicyclic) bond motifs is 4. The largest absolute Gasteiger partial charge is 0.507 e. The number of alkyl halides is 2. The number of likely N-dealkylation sites (tertiary alicyclic amines) is 1. The lowest BCUT2D eigenvalue weighted by Gasteiger charge is -2.43. The van der Waals surface area contributed by atoms with Gasteiger partial charge in [-0.1, -0.05) is 30.3 Å². The minimum Gasteiger partial charge on any atom is -0.507 e. The number of aromatic hydroxyl groups is 2. The SMILES string of the molecule is COc1cccc2c1C(=O)c1c(O)c3c(c(O)c1C2=O)C[C@@](O)(C(=O)CO)CC3OC1CC(NC(=O)[C@@H]2CC(F)(F)CN2C(=O)[C@@H](C)NC(=O)c2ccnc3ccccc23)C(O)C(C)O1. The molecule has 2 saturated heterocycles. The molecule has 18 nitrogen and oxygen atoms in total. The number of rotatable bonds is 10. The highest BCUT2D eigenvalue weighted by molar-refractivity contribution is 6.31. The second-order valence-electron chi connectivity index (χ2n) is 16.7. The van der Waals surface area contributed by atoms with Crippen molar-refractivity contribution in [3.63, 3.8) is 0 Å². The second-order valence-corrected chi connectivity index (χ2v) is 16.7. The molecule has 4 aromatic rings. The molecule has 3 heterocycles.